The maximum absolute atomic E-state index is 11.5. The lowest BCUT2D eigenvalue weighted by molar-refractivity contribution is 0.0940. The van der Waals surface area contributed by atoms with Crippen molar-refractivity contribution in [3.8, 4) is 0 Å². The van der Waals surface area contributed by atoms with E-state index in [-0.39, 0.29) is 17.4 Å². The van der Waals surface area contributed by atoms with Crippen LogP contribution in [0.5, 0.6) is 0 Å². The molecule has 2 heterocycles. The third-order valence-corrected chi connectivity index (χ3v) is 2.64. The summed E-state index contributed by atoms with van der Waals surface area (Å²) in [6.07, 6.45) is 2.49. The zero-order valence-electron chi connectivity index (χ0n) is 8.98. The van der Waals surface area contributed by atoms with Gasteiger partial charge in [-0.15, -0.1) is 0 Å². The first-order valence-corrected chi connectivity index (χ1v) is 5.36. The Morgan fingerprint density at radius 1 is 1.44 bits per heavy atom. The van der Waals surface area contributed by atoms with E-state index in [1.54, 1.807) is 0 Å². The van der Waals surface area contributed by atoms with E-state index >= 15 is 0 Å². The van der Waals surface area contributed by atoms with Crippen LogP contribution in [0.1, 0.15) is 23.3 Å². The van der Waals surface area contributed by atoms with Gasteiger partial charge < -0.3 is 16.0 Å². The number of hydrogen-bond donors (Lipinski definition) is 2. The van der Waals surface area contributed by atoms with Gasteiger partial charge in [0, 0.05) is 13.1 Å². The molecule has 1 amide bonds. The third kappa shape index (κ3) is 2.48. The fraction of sp³-hybridized carbons (Fsp3) is 0.667. The molecule has 1 aromatic heterocycles. The molecule has 0 spiro atoms. The van der Waals surface area contributed by atoms with Crippen molar-refractivity contribution >= 4 is 11.7 Å². The Morgan fingerprint density at radius 2 is 2.19 bits per heavy atom. The molecule has 0 unspecified atom stereocenters. The summed E-state index contributed by atoms with van der Waals surface area (Å²) in [6.45, 7) is 3.68. The zero-order chi connectivity index (χ0) is 11.4. The molecule has 0 aromatic carbocycles. The normalized spacial score (nSPS) is 16.5. The van der Waals surface area contributed by atoms with Gasteiger partial charge in [-0.2, -0.15) is 0 Å². The molecule has 0 saturated carbocycles. The molecule has 88 valence electrons. The lowest BCUT2D eigenvalue weighted by atomic mass is 10.4. The Balaban J connectivity index is 1.73. The summed E-state index contributed by atoms with van der Waals surface area (Å²) in [5.41, 5.74) is 5.45. The van der Waals surface area contributed by atoms with Gasteiger partial charge >= 0.3 is 0 Å². The fourth-order valence-corrected chi connectivity index (χ4v) is 1.77. The fourth-order valence-electron chi connectivity index (χ4n) is 1.77. The average Bonchev–Trinajstić information content (AvgIpc) is 2.88. The first-order chi connectivity index (χ1) is 7.77. The van der Waals surface area contributed by atoms with Crippen LogP contribution >= 0.6 is 0 Å². The molecule has 1 saturated heterocycles. The van der Waals surface area contributed by atoms with Gasteiger partial charge in [-0.05, 0) is 36.2 Å². The molecular formula is C9H15N5O2. The van der Waals surface area contributed by atoms with E-state index in [0.717, 1.165) is 19.6 Å². The molecule has 1 aromatic rings. The number of nitrogens with two attached hydrogens (primary N) is 1. The highest BCUT2D eigenvalue weighted by Crippen LogP contribution is 2.06. The van der Waals surface area contributed by atoms with Crippen LogP contribution in [-0.4, -0.2) is 47.3 Å². The van der Waals surface area contributed by atoms with E-state index in [2.05, 4.69) is 25.2 Å². The van der Waals surface area contributed by atoms with Crippen LogP contribution in [0, 0.1) is 0 Å². The number of carbonyl (C=O) groups is 1. The van der Waals surface area contributed by atoms with Crippen LogP contribution in [0.15, 0.2) is 4.63 Å². The van der Waals surface area contributed by atoms with Crippen LogP contribution in [0.25, 0.3) is 0 Å². The Morgan fingerprint density at radius 3 is 2.81 bits per heavy atom. The average molecular weight is 225 g/mol. The predicted octanol–water partition coefficient (Wildman–Crippen LogP) is -0.523. The van der Waals surface area contributed by atoms with Crippen LogP contribution in [-0.2, 0) is 0 Å². The lowest BCUT2D eigenvalue weighted by Gasteiger charge is -2.14. The number of anilines is 1. The summed E-state index contributed by atoms with van der Waals surface area (Å²) in [5, 5.41) is 9.50. The standard InChI is InChI=1S/C9H15N5O2/c10-8-7(12-16-13-8)9(15)11-3-6-14-4-1-2-5-14/h1-6H2,(H2,10,13)(H,11,15). The van der Waals surface area contributed by atoms with Crippen molar-refractivity contribution in [2.45, 2.75) is 12.8 Å². The van der Waals surface area contributed by atoms with Crippen LogP contribution in [0.2, 0.25) is 0 Å². The van der Waals surface area contributed by atoms with Gasteiger partial charge in [-0.1, -0.05) is 0 Å². The van der Waals surface area contributed by atoms with Gasteiger partial charge in [0.2, 0.25) is 11.5 Å². The third-order valence-electron chi connectivity index (χ3n) is 2.64. The Hall–Kier alpha value is -1.63. The molecule has 2 rings (SSSR count). The number of nitrogen functional groups attached to an aromatic ring is 1. The molecule has 0 bridgehead atoms. The Kier molecular flexibility index (Phi) is 3.35. The Labute approximate surface area is 92.9 Å². The highest BCUT2D eigenvalue weighted by atomic mass is 16.6. The van der Waals surface area contributed by atoms with E-state index in [9.17, 15) is 4.79 Å². The predicted molar refractivity (Wildman–Crippen MR) is 56.7 cm³/mol. The van der Waals surface area contributed by atoms with Crippen LogP contribution in [0.3, 0.4) is 0 Å². The molecule has 3 N–H and O–H groups in total. The molecule has 1 aliphatic rings. The number of nitrogens with one attached hydrogen (secondary N) is 1. The topological polar surface area (TPSA) is 97.3 Å². The zero-order valence-corrected chi connectivity index (χ0v) is 8.98. The lowest BCUT2D eigenvalue weighted by Crippen LogP contribution is -2.33. The van der Waals surface area contributed by atoms with E-state index in [1.807, 2.05) is 0 Å². The number of hydrogen-bond acceptors (Lipinski definition) is 6. The maximum atomic E-state index is 11.5. The number of aromatic nitrogens is 2. The summed E-state index contributed by atoms with van der Waals surface area (Å²) < 4.78 is 4.35. The number of rotatable bonds is 4. The van der Waals surface area contributed by atoms with Gasteiger partial charge in [0.05, 0.1) is 0 Å². The van der Waals surface area contributed by atoms with Crippen LogP contribution in [0.4, 0.5) is 5.82 Å². The van der Waals surface area contributed by atoms with E-state index in [0.29, 0.717) is 6.54 Å². The van der Waals surface area contributed by atoms with Crippen molar-refractivity contribution < 1.29 is 9.42 Å². The largest absolute Gasteiger partial charge is 0.379 e. The quantitative estimate of drug-likeness (QED) is 0.715. The minimum absolute atomic E-state index is 0.0265. The van der Waals surface area contributed by atoms with E-state index in [4.69, 9.17) is 5.73 Å². The number of likely N-dealkylation sites (tertiary alicyclic amines) is 1. The summed E-state index contributed by atoms with van der Waals surface area (Å²) >= 11 is 0. The number of nitrogens with zero attached hydrogens (tertiary/aromatic N) is 3. The highest BCUT2D eigenvalue weighted by molar-refractivity contribution is 5.95. The second kappa shape index (κ2) is 4.93. The van der Waals surface area contributed by atoms with Crippen molar-refractivity contribution in [3.05, 3.63) is 5.69 Å². The second-order valence-corrected chi connectivity index (χ2v) is 3.80. The van der Waals surface area contributed by atoms with Gasteiger partial charge in [0.25, 0.3) is 5.91 Å². The molecule has 0 atom stereocenters. The first kappa shape index (κ1) is 10.9. The molecule has 16 heavy (non-hydrogen) atoms. The van der Waals surface area contributed by atoms with Gasteiger partial charge in [-0.3, -0.25) is 4.79 Å². The van der Waals surface area contributed by atoms with Gasteiger partial charge in [-0.25, -0.2) is 4.63 Å². The molecule has 0 aliphatic carbocycles. The molecule has 7 nitrogen and oxygen atoms in total. The molecule has 7 heteroatoms. The second-order valence-electron chi connectivity index (χ2n) is 3.80. The van der Waals surface area contributed by atoms with Crippen molar-refractivity contribution in [1.82, 2.24) is 20.5 Å². The summed E-state index contributed by atoms with van der Waals surface area (Å²) in [6, 6.07) is 0. The molecule has 1 fully saturated rings. The van der Waals surface area contributed by atoms with Crippen molar-refractivity contribution in [3.63, 3.8) is 0 Å². The summed E-state index contributed by atoms with van der Waals surface area (Å²) in [5.74, 6) is -0.309. The van der Waals surface area contributed by atoms with Crippen molar-refractivity contribution in [1.29, 1.82) is 0 Å². The van der Waals surface area contributed by atoms with Crippen LogP contribution < -0.4 is 11.1 Å². The van der Waals surface area contributed by atoms with Gasteiger partial charge in [0.1, 0.15) is 0 Å². The molecule has 1 aliphatic heterocycles. The van der Waals surface area contributed by atoms with Crippen molar-refractivity contribution in [2.24, 2.45) is 0 Å². The molecular weight excluding hydrogens is 210 g/mol. The van der Waals surface area contributed by atoms with E-state index < -0.39 is 0 Å². The monoisotopic (exact) mass is 225 g/mol. The maximum Gasteiger partial charge on any atom is 0.277 e. The SMILES string of the molecule is Nc1nonc1C(=O)NCCN1CCCC1. The van der Waals surface area contributed by atoms with Crippen molar-refractivity contribution in [2.75, 3.05) is 31.9 Å². The Bertz CT molecular complexity index is 359. The number of amides is 1. The van der Waals surface area contributed by atoms with Gasteiger partial charge in [0.15, 0.2) is 0 Å². The number of carbonyl (C=O) groups excluding carboxylic acids is 1. The first-order valence-electron chi connectivity index (χ1n) is 5.36. The summed E-state index contributed by atoms with van der Waals surface area (Å²) in [7, 11) is 0. The minimum Gasteiger partial charge on any atom is -0.379 e. The molecule has 0 radical (unpaired) electrons. The smallest absolute Gasteiger partial charge is 0.277 e. The van der Waals surface area contributed by atoms with E-state index in [1.165, 1.54) is 12.8 Å². The minimum atomic E-state index is -0.335. The summed E-state index contributed by atoms with van der Waals surface area (Å²) in [4.78, 5) is 13.8. The highest BCUT2D eigenvalue weighted by Gasteiger charge is 2.16.